The van der Waals surface area contributed by atoms with Crippen LogP contribution in [0, 0.1) is 0 Å². The topological polar surface area (TPSA) is 60.9 Å². The maximum absolute atomic E-state index is 12.9. The van der Waals surface area contributed by atoms with Crippen molar-refractivity contribution < 1.29 is 27.6 Å². The number of halogens is 3. The number of para-hydroxylation sites is 1. The van der Waals surface area contributed by atoms with Crippen LogP contribution in [-0.2, 0) is 15.8 Å². The third-order valence-electron chi connectivity index (χ3n) is 5.43. The summed E-state index contributed by atoms with van der Waals surface area (Å²) in [4.78, 5) is 42.3. The third-order valence-corrected chi connectivity index (χ3v) is 6.34. The van der Waals surface area contributed by atoms with Gasteiger partial charge in [0.25, 0.3) is 11.1 Å². The largest absolute Gasteiger partial charge is 0.416 e. The second kappa shape index (κ2) is 9.30. The fourth-order valence-corrected chi connectivity index (χ4v) is 4.52. The highest BCUT2D eigenvalue weighted by atomic mass is 32.2. The van der Waals surface area contributed by atoms with E-state index in [-0.39, 0.29) is 16.4 Å². The van der Waals surface area contributed by atoms with Gasteiger partial charge in [0.15, 0.2) is 0 Å². The number of carbonyl (C=O) groups is 3. The molecule has 2 aliphatic heterocycles. The van der Waals surface area contributed by atoms with Crippen LogP contribution in [0.4, 0.5) is 23.7 Å². The minimum absolute atomic E-state index is 0.0129. The minimum Gasteiger partial charge on any atom is -0.368 e. The van der Waals surface area contributed by atoms with Crippen LogP contribution in [0.2, 0.25) is 0 Å². The molecular formula is C23H20F3N3O3S. The van der Waals surface area contributed by atoms with E-state index in [1.165, 1.54) is 18.2 Å². The molecule has 0 atom stereocenters. The summed E-state index contributed by atoms with van der Waals surface area (Å²) in [6.45, 7) is 1.80. The van der Waals surface area contributed by atoms with Crippen LogP contribution >= 0.6 is 11.8 Å². The van der Waals surface area contributed by atoms with Crippen LogP contribution < -0.4 is 4.90 Å². The summed E-state index contributed by atoms with van der Waals surface area (Å²) in [5, 5.41) is -0.616. The van der Waals surface area contributed by atoms with E-state index < -0.39 is 29.4 Å². The predicted octanol–water partition coefficient (Wildman–Crippen LogP) is 4.09. The maximum Gasteiger partial charge on any atom is 0.416 e. The number of carbonyl (C=O) groups excluding carboxylic acids is 3. The lowest BCUT2D eigenvalue weighted by atomic mass is 10.1. The number of thioether (sulfide) groups is 1. The van der Waals surface area contributed by atoms with Gasteiger partial charge in [-0.05, 0) is 47.7 Å². The number of rotatable bonds is 4. The van der Waals surface area contributed by atoms with E-state index in [0.717, 1.165) is 22.7 Å². The molecule has 0 bridgehead atoms. The van der Waals surface area contributed by atoms with Crippen LogP contribution in [0.15, 0.2) is 59.5 Å². The van der Waals surface area contributed by atoms with Gasteiger partial charge in [-0.25, -0.2) is 0 Å². The normalized spacial score (nSPS) is 18.4. The van der Waals surface area contributed by atoms with E-state index in [1.807, 2.05) is 30.3 Å². The lowest BCUT2D eigenvalue weighted by molar-refractivity contribution is -0.137. The summed E-state index contributed by atoms with van der Waals surface area (Å²) in [6, 6.07) is 14.3. The summed E-state index contributed by atoms with van der Waals surface area (Å²) in [6.07, 6.45) is -3.27. The van der Waals surface area contributed by atoms with Gasteiger partial charge in [0.2, 0.25) is 5.91 Å². The molecule has 4 rings (SSSR count). The van der Waals surface area contributed by atoms with Crippen LogP contribution in [0.3, 0.4) is 0 Å². The monoisotopic (exact) mass is 475 g/mol. The van der Waals surface area contributed by atoms with Crippen LogP contribution in [0.1, 0.15) is 11.1 Å². The standard InChI is InChI=1S/C23H20F3N3O3S/c24-23(25,26)17-6-4-5-16(13-17)14-19-21(31)29(22(32)33-19)15-20(30)28-11-9-27(10-12-28)18-7-2-1-3-8-18/h1-8,13-14H,9-12,15H2/b19-14+. The summed E-state index contributed by atoms with van der Waals surface area (Å²) >= 11 is 0.615. The number of anilines is 1. The fourth-order valence-electron chi connectivity index (χ4n) is 3.68. The first-order valence-corrected chi connectivity index (χ1v) is 11.0. The molecule has 2 aliphatic rings. The Balaban J connectivity index is 1.38. The van der Waals surface area contributed by atoms with E-state index in [1.54, 1.807) is 4.90 Å². The molecule has 0 saturated carbocycles. The van der Waals surface area contributed by atoms with Gasteiger partial charge >= 0.3 is 6.18 Å². The molecule has 0 N–H and O–H groups in total. The van der Waals surface area contributed by atoms with Crippen molar-refractivity contribution in [1.29, 1.82) is 0 Å². The number of hydrogen-bond donors (Lipinski definition) is 0. The molecule has 0 spiro atoms. The molecule has 2 saturated heterocycles. The molecule has 2 aromatic rings. The van der Waals surface area contributed by atoms with Gasteiger partial charge in [-0.3, -0.25) is 19.3 Å². The van der Waals surface area contributed by atoms with Crippen molar-refractivity contribution in [3.8, 4) is 0 Å². The van der Waals surface area contributed by atoms with Crippen LogP contribution in [0.5, 0.6) is 0 Å². The van der Waals surface area contributed by atoms with Crippen molar-refractivity contribution in [2.45, 2.75) is 6.18 Å². The number of hydrogen-bond acceptors (Lipinski definition) is 5. The fraction of sp³-hybridized carbons (Fsp3) is 0.261. The Morgan fingerprint density at radius 2 is 1.67 bits per heavy atom. The molecular weight excluding hydrogens is 455 g/mol. The zero-order valence-corrected chi connectivity index (χ0v) is 18.2. The second-order valence-corrected chi connectivity index (χ2v) is 8.59. The lowest BCUT2D eigenvalue weighted by Gasteiger charge is -2.36. The molecule has 0 aliphatic carbocycles. The molecule has 10 heteroatoms. The number of nitrogens with zero attached hydrogens (tertiary/aromatic N) is 3. The highest BCUT2D eigenvalue weighted by Gasteiger charge is 2.38. The van der Waals surface area contributed by atoms with Crippen molar-refractivity contribution in [2.24, 2.45) is 0 Å². The highest BCUT2D eigenvalue weighted by molar-refractivity contribution is 8.18. The van der Waals surface area contributed by atoms with Crippen molar-refractivity contribution in [3.05, 3.63) is 70.6 Å². The Labute approximate surface area is 192 Å². The number of amides is 3. The van der Waals surface area contributed by atoms with Gasteiger partial charge in [-0.1, -0.05) is 30.3 Å². The SMILES string of the molecule is O=C(CN1C(=O)S/C(=C/c2cccc(C(F)(F)F)c2)C1=O)N1CCN(c2ccccc2)CC1. The molecule has 0 radical (unpaired) electrons. The van der Waals surface area contributed by atoms with Crippen molar-refractivity contribution in [3.63, 3.8) is 0 Å². The quantitative estimate of drug-likeness (QED) is 0.624. The van der Waals surface area contributed by atoms with Gasteiger partial charge in [0, 0.05) is 31.9 Å². The average Bonchev–Trinajstić information content (AvgIpc) is 3.06. The van der Waals surface area contributed by atoms with Crippen LogP contribution in [0.25, 0.3) is 6.08 Å². The Kier molecular flexibility index (Phi) is 6.46. The second-order valence-electron chi connectivity index (χ2n) is 7.59. The number of alkyl halides is 3. The molecule has 2 aromatic carbocycles. The lowest BCUT2D eigenvalue weighted by Crippen LogP contribution is -2.51. The molecule has 172 valence electrons. The number of benzene rings is 2. The first-order valence-electron chi connectivity index (χ1n) is 10.2. The summed E-state index contributed by atoms with van der Waals surface area (Å²) < 4.78 is 38.8. The zero-order chi connectivity index (χ0) is 23.6. The summed E-state index contributed by atoms with van der Waals surface area (Å²) in [7, 11) is 0. The molecule has 0 unspecified atom stereocenters. The van der Waals surface area contributed by atoms with Gasteiger partial charge in [-0.2, -0.15) is 13.2 Å². The van der Waals surface area contributed by atoms with Crippen LogP contribution in [-0.4, -0.2) is 59.6 Å². The maximum atomic E-state index is 12.9. The molecule has 2 fully saturated rings. The van der Waals surface area contributed by atoms with E-state index >= 15 is 0 Å². The first kappa shape index (κ1) is 22.9. The van der Waals surface area contributed by atoms with Gasteiger partial charge in [0.05, 0.1) is 10.5 Å². The van der Waals surface area contributed by atoms with Gasteiger partial charge in [0.1, 0.15) is 6.54 Å². The minimum atomic E-state index is -4.51. The number of imide groups is 1. The zero-order valence-electron chi connectivity index (χ0n) is 17.4. The summed E-state index contributed by atoms with van der Waals surface area (Å²) in [5.41, 5.74) is 0.370. The Morgan fingerprint density at radius 1 is 0.970 bits per heavy atom. The molecule has 3 amide bonds. The molecule has 0 aromatic heterocycles. The molecule has 6 nitrogen and oxygen atoms in total. The number of piperazine rings is 1. The van der Waals surface area contributed by atoms with Crippen molar-refractivity contribution in [1.82, 2.24) is 9.80 Å². The van der Waals surface area contributed by atoms with Crippen molar-refractivity contribution in [2.75, 3.05) is 37.6 Å². The predicted molar refractivity (Wildman–Crippen MR) is 119 cm³/mol. The van der Waals surface area contributed by atoms with Gasteiger partial charge < -0.3 is 9.80 Å². The smallest absolute Gasteiger partial charge is 0.368 e. The summed E-state index contributed by atoms with van der Waals surface area (Å²) in [5.74, 6) is -1.02. The average molecular weight is 475 g/mol. The third kappa shape index (κ3) is 5.22. The van der Waals surface area contributed by atoms with Gasteiger partial charge in [-0.15, -0.1) is 0 Å². The Bertz CT molecular complexity index is 1100. The van der Waals surface area contributed by atoms with E-state index in [2.05, 4.69) is 4.90 Å². The Hall–Kier alpha value is -3.27. The van der Waals surface area contributed by atoms with E-state index in [9.17, 15) is 27.6 Å². The molecule has 33 heavy (non-hydrogen) atoms. The van der Waals surface area contributed by atoms with Crippen molar-refractivity contribution >= 4 is 40.6 Å². The highest BCUT2D eigenvalue weighted by Crippen LogP contribution is 2.34. The van der Waals surface area contributed by atoms with E-state index in [4.69, 9.17) is 0 Å². The van der Waals surface area contributed by atoms with E-state index in [0.29, 0.717) is 37.9 Å². The first-order chi connectivity index (χ1) is 15.7. The Morgan fingerprint density at radius 3 is 2.33 bits per heavy atom. The molecule has 2 heterocycles.